The number of aryl methyl sites for hydroxylation is 1. The fourth-order valence-corrected chi connectivity index (χ4v) is 4.64. The van der Waals surface area contributed by atoms with Crippen molar-refractivity contribution < 1.29 is 9.53 Å². The van der Waals surface area contributed by atoms with Crippen molar-refractivity contribution in [3.05, 3.63) is 53.2 Å². The molecule has 1 atom stereocenters. The molecule has 168 valence electrons. The number of carbonyl (C=O) groups is 1. The Morgan fingerprint density at radius 1 is 1.09 bits per heavy atom. The number of nitrogens with zero attached hydrogens (tertiary/aromatic N) is 5. The smallest absolute Gasteiger partial charge is 0.226 e. The minimum atomic E-state index is -0.107. The monoisotopic (exact) mass is 442 g/mol. The average Bonchev–Trinajstić information content (AvgIpc) is 3.19. The van der Waals surface area contributed by atoms with Gasteiger partial charge in [-0.15, -0.1) is 16.6 Å². The molecule has 1 amide bonds. The van der Waals surface area contributed by atoms with E-state index < -0.39 is 0 Å². The van der Waals surface area contributed by atoms with Crippen LogP contribution >= 0.6 is 0 Å². The van der Waals surface area contributed by atoms with Crippen molar-refractivity contribution in [1.82, 2.24) is 20.0 Å². The Bertz CT molecular complexity index is 1190. The highest BCUT2D eigenvalue weighted by molar-refractivity contribution is 5.95. The van der Waals surface area contributed by atoms with E-state index in [0.29, 0.717) is 23.8 Å². The lowest BCUT2D eigenvalue weighted by Crippen LogP contribution is -2.30. The fourth-order valence-electron chi connectivity index (χ4n) is 4.64. The van der Waals surface area contributed by atoms with Gasteiger partial charge in [-0.2, -0.15) is 9.78 Å². The van der Waals surface area contributed by atoms with E-state index >= 15 is 0 Å². The molecule has 4 heterocycles. The van der Waals surface area contributed by atoms with Crippen molar-refractivity contribution in [1.29, 1.82) is 0 Å². The molecule has 2 aliphatic rings. The average molecular weight is 443 g/mol. The lowest BCUT2D eigenvalue weighted by Gasteiger charge is -2.27. The predicted octanol–water partition coefficient (Wildman–Crippen LogP) is 3.45. The minimum absolute atomic E-state index is 0.0563. The third kappa shape index (κ3) is 4.14. The van der Waals surface area contributed by atoms with Crippen LogP contribution in [0.15, 0.2) is 36.4 Å². The highest BCUT2D eigenvalue weighted by Crippen LogP contribution is 2.40. The molecule has 0 radical (unpaired) electrons. The van der Waals surface area contributed by atoms with Crippen LogP contribution in [0.2, 0.25) is 0 Å². The number of anilines is 2. The number of terminal acetylenes is 1. The Morgan fingerprint density at radius 2 is 1.82 bits per heavy atom. The quantitative estimate of drug-likeness (QED) is 0.610. The van der Waals surface area contributed by atoms with Gasteiger partial charge in [0.25, 0.3) is 0 Å². The predicted molar refractivity (Wildman–Crippen MR) is 126 cm³/mol. The van der Waals surface area contributed by atoms with E-state index in [1.165, 1.54) is 19.3 Å². The van der Waals surface area contributed by atoms with Crippen LogP contribution in [0.3, 0.4) is 0 Å². The van der Waals surface area contributed by atoms with E-state index in [2.05, 4.69) is 26.3 Å². The van der Waals surface area contributed by atoms with E-state index in [1.807, 2.05) is 43.3 Å². The summed E-state index contributed by atoms with van der Waals surface area (Å²) in [6.45, 7) is 4.20. The van der Waals surface area contributed by atoms with Gasteiger partial charge in [0.15, 0.2) is 11.6 Å². The summed E-state index contributed by atoms with van der Waals surface area (Å²) in [5, 5.41) is 16.6. The van der Waals surface area contributed by atoms with E-state index in [4.69, 9.17) is 16.3 Å². The molecule has 8 heteroatoms. The maximum Gasteiger partial charge on any atom is 0.226 e. The SMILES string of the molecule is C#CCOc1ccc([C@@H]2CC(=O)Nc3c2c(C)nn3-c2ccc(N3CCCCC3)nn2)cc1. The van der Waals surface area contributed by atoms with Gasteiger partial charge >= 0.3 is 0 Å². The largest absolute Gasteiger partial charge is 0.481 e. The number of aromatic nitrogens is 4. The van der Waals surface area contributed by atoms with Gasteiger partial charge in [0.1, 0.15) is 18.2 Å². The second-order valence-electron chi connectivity index (χ2n) is 8.42. The molecule has 0 spiro atoms. The Labute approximate surface area is 193 Å². The topological polar surface area (TPSA) is 85.2 Å². The molecule has 2 aromatic heterocycles. The summed E-state index contributed by atoms with van der Waals surface area (Å²) >= 11 is 0. The molecule has 0 saturated carbocycles. The van der Waals surface area contributed by atoms with Gasteiger partial charge in [0.05, 0.1) is 5.69 Å². The molecule has 0 unspecified atom stereocenters. The van der Waals surface area contributed by atoms with E-state index in [0.717, 1.165) is 35.7 Å². The molecule has 0 aliphatic carbocycles. The zero-order chi connectivity index (χ0) is 22.8. The third-order valence-corrected chi connectivity index (χ3v) is 6.24. The number of hydrogen-bond donors (Lipinski definition) is 1. The standard InChI is InChI=1S/C25H26N6O2/c1-3-15-33-19-9-7-18(8-10-19)20-16-23(32)26-25-24(20)17(2)29-31(25)22-12-11-21(27-28-22)30-13-5-4-6-14-30/h1,7-12,20H,4-6,13-16H2,2H3,(H,26,32)/t20-/m0/s1. The van der Waals surface area contributed by atoms with Crippen molar-refractivity contribution in [3.8, 4) is 23.9 Å². The summed E-state index contributed by atoms with van der Waals surface area (Å²) in [6.07, 6.45) is 9.24. The molecule has 1 saturated heterocycles. The van der Waals surface area contributed by atoms with Crippen LogP contribution in [0.25, 0.3) is 5.82 Å². The zero-order valence-corrected chi connectivity index (χ0v) is 18.6. The number of piperidine rings is 1. The number of ether oxygens (including phenoxy) is 1. The maximum absolute atomic E-state index is 12.6. The minimum Gasteiger partial charge on any atom is -0.481 e. The first-order chi connectivity index (χ1) is 16.1. The number of nitrogens with one attached hydrogen (secondary N) is 1. The van der Waals surface area contributed by atoms with Crippen LogP contribution in [-0.2, 0) is 4.79 Å². The van der Waals surface area contributed by atoms with Crippen molar-refractivity contribution in [2.24, 2.45) is 0 Å². The maximum atomic E-state index is 12.6. The highest BCUT2D eigenvalue weighted by atomic mass is 16.5. The zero-order valence-electron chi connectivity index (χ0n) is 18.6. The first-order valence-corrected chi connectivity index (χ1v) is 11.3. The van der Waals surface area contributed by atoms with Crippen LogP contribution in [0.1, 0.15) is 48.4 Å². The summed E-state index contributed by atoms with van der Waals surface area (Å²) in [5.41, 5.74) is 2.87. The van der Waals surface area contributed by atoms with Crippen molar-refractivity contribution >= 4 is 17.5 Å². The van der Waals surface area contributed by atoms with Gasteiger partial charge < -0.3 is 15.0 Å². The second-order valence-corrected chi connectivity index (χ2v) is 8.42. The van der Waals surface area contributed by atoms with E-state index in [9.17, 15) is 4.79 Å². The molecule has 5 rings (SSSR count). The molecule has 0 bridgehead atoms. The van der Waals surface area contributed by atoms with Crippen molar-refractivity contribution in [3.63, 3.8) is 0 Å². The Kier molecular flexibility index (Phi) is 5.69. The third-order valence-electron chi connectivity index (χ3n) is 6.24. The summed E-state index contributed by atoms with van der Waals surface area (Å²) in [6, 6.07) is 11.6. The number of amides is 1. The molecule has 33 heavy (non-hydrogen) atoms. The molecule has 8 nitrogen and oxygen atoms in total. The van der Waals surface area contributed by atoms with Crippen molar-refractivity contribution in [2.45, 2.75) is 38.5 Å². The van der Waals surface area contributed by atoms with E-state index in [-0.39, 0.29) is 18.4 Å². The first-order valence-electron chi connectivity index (χ1n) is 11.3. The molecule has 1 N–H and O–H groups in total. The first kappa shape index (κ1) is 21.0. The number of hydrogen-bond acceptors (Lipinski definition) is 6. The van der Waals surface area contributed by atoms with Gasteiger partial charge in [-0.05, 0) is 56.0 Å². The van der Waals surface area contributed by atoms with Gasteiger partial charge in [0.2, 0.25) is 5.91 Å². The normalized spacial score (nSPS) is 17.8. The molecule has 3 aromatic rings. The molecule has 1 fully saturated rings. The Morgan fingerprint density at radius 3 is 2.52 bits per heavy atom. The van der Waals surface area contributed by atoms with Crippen LogP contribution in [0.5, 0.6) is 5.75 Å². The van der Waals surface area contributed by atoms with Crippen LogP contribution in [0.4, 0.5) is 11.6 Å². The number of carbonyl (C=O) groups excluding carboxylic acids is 1. The summed E-state index contributed by atoms with van der Waals surface area (Å²) in [7, 11) is 0. The fraction of sp³-hybridized carbons (Fsp3) is 0.360. The van der Waals surface area contributed by atoms with Gasteiger partial charge in [-0.25, -0.2) is 0 Å². The molecule has 2 aliphatic heterocycles. The summed E-state index contributed by atoms with van der Waals surface area (Å²) < 4.78 is 7.16. The summed E-state index contributed by atoms with van der Waals surface area (Å²) in [5.74, 6) is 5.12. The van der Waals surface area contributed by atoms with Crippen molar-refractivity contribution in [2.75, 3.05) is 29.9 Å². The van der Waals surface area contributed by atoms with Gasteiger partial charge in [0, 0.05) is 31.0 Å². The van der Waals surface area contributed by atoms with Crippen LogP contribution in [0, 0.1) is 19.3 Å². The van der Waals surface area contributed by atoms with Crippen LogP contribution < -0.4 is 15.0 Å². The van der Waals surface area contributed by atoms with E-state index in [1.54, 1.807) is 4.68 Å². The second kappa shape index (κ2) is 8.94. The number of benzene rings is 1. The summed E-state index contributed by atoms with van der Waals surface area (Å²) in [4.78, 5) is 14.9. The van der Waals surface area contributed by atoms with Gasteiger partial charge in [-0.3, -0.25) is 4.79 Å². The number of fused-ring (bicyclic) bond motifs is 1. The number of rotatable bonds is 5. The molecular weight excluding hydrogens is 416 g/mol. The lowest BCUT2D eigenvalue weighted by molar-refractivity contribution is -0.116. The Hall–Kier alpha value is -3.86. The van der Waals surface area contributed by atoms with Gasteiger partial charge in [-0.1, -0.05) is 18.1 Å². The molecular formula is C25H26N6O2. The highest BCUT2D eigenvalue weighted by Gasteiger charge is 2.33. The lowest BCUT2D eigenvalue weighted by atomic mass is 9.86. The molecule has 1 aromatic carbocycles. The Balaban J connectivity index is 1.45. The van der Waals surface area contributed by atoms with Crippen LogP contribution in [-0.4, -0.2) is 45.6 Å².